The standard InChI is InChI=1S/C33H45NO9/c1-17(35)43-33-22-20(14-19(25(40-5)29(33)36)24(22)42-30(37)18-10-8-7-9-11-18)32-21(39-4)12-13-31(16-38-3)15-34(2)28(32)23(33)26(41-6)27(31)32/h7-11,19-29,36H,12-16H2,1-6H3/t19?,20-,21+,22-,23+,24+,25-,26+,27-,28?,29+,31+,32+,33-/m1/s1. The minimum atomic E-state index is -1.41. The number of aliphatic hydroxyl groups excluding tert-OH is 1. The molecule has 1 N–H and O–H groups in total. The first-order valence-corrected chi connectivity index (χ1v) is 15.6. The maximum Gasteiger partial charge on any atom is 0.338 e. The van der Waals surface area contributed by atoms with Crippen LogP contribution in [0.15, 0.2) is 30.3 Å². The number of fused-ring (bicyclic) bond motifs is 2. The molecule has 10 heteroatoms. The van der Waals surface area contributed by atoms with Crippen LogP contribution in [0.2, 0.25) is 0 Å². The Morgan fingerprint density at radius 1 is 1.00 bits per heavy atom. The van der Waals surface area contributed by atoms with E-state index in [1.807, 2.05) is 18.2 Å². The van der Waals surface area contributed by atoms with Gasteiger partial charge in [-0.3, -0.25) is 4.79 Å². The van der Waals surface area contributed by atoms with E-state index in [0.29, 0.717) is 18.6 Å². The molecule has 1 aromatic rings. The van der Waals surface area contributed by atoms with Gasteiger partial charge >= 0.3 is 11.9 Å². The van der Waals surface area contributed by atoms with Gasteiger partial charge in [0, 0.05) is 82.5 Å². The summed E-state index contributed by atoms with van der Waals surface area (Å²) in [6.07, 6.45) is -0.523. The van der Waals surface area contributed by atoms with Gasteiger partial charge in [0.1, 0.15) is 12.2 Å². The molecule has 1 spiro atoms. The smallest absolute Gasteiger partial charge is 0.338 e. The third-order valence-corrected chi connectivity index (χ3v) is 12.7. The molecule has 43 heavy (non-hydrogen) atoms. The van der Waals surface area contributed by atoms with Crippen LogP contribution in [-0.2, 0) is 33.2 Å². The number of likely N-dealkylation sites (tertiary alicyclic amines) is 1. The van der Waals surface area contributed by atoms with Gasteiger partial charge in [0.2, 0.25) is 0 Å². The van der Waals surface area contributed by atoms with E-state index in [-0.39, 0.29) is 41.4 Å². The molecular formula is C33H45NO9. The number of carbonyl (C=O) groups excluding carboxylic acids is 2. The molecule has 1 aromatic carbocycles. The van der Waals surface area contributed by atoms with Crippen molar-refractivity contribution in [3.8, 4) is 0 Å². The summed E-state index contributed by atoms with van der Waals surface area (Å²) in [5.41, 5.74) is -1.59. The summed E-state index contributed by atoms with van der Waals surface area (Å²) >= 11 is 0. The number of nitrogens with zero attached hydrogens (tertiary/aromatic N) is 1. The molecule has 236 valence electrons. The molecule has 1 heterocycles. The number of rotatable bonds is 8. The third-order valence-electron chi connectivity index (χ3n) is 12.7. The lowest BCUT2D eigenvalue weighted by molar-refractivity contribution is -0.301. The van der Waals surface area contributed by atoms with E-state index in [4.69, 9.17) is 28.4 Å². The first kappa shape index (κ1) is 29.6. The van der Waals surface area contributed by atoms with Crippen LogP contribution in [0.4, 0.5) is 0 Å². The lowest BCUT2D eigenvalue weighted by Crippen LogP contribution is -2.79. The average Bonchev–Trinajstić information content (AvgIpc) is 3.43. The SMILES string of the molecule is COC[C@@]12CC[C@H](OC)[C@]34C([C@H]([C@H](OC)[C@H]13)[C@]1(OC(C)=O)[C@@H]3[C@H]4CC([C@@H](OC)[C@@H]1O)[C@@H]3OC(=O)c1ccccc1)N(C)C2. The maximum atomic E-state index is 13.7. The van der Waals surface area contributed by atoms with Gasteiger partial charge in [-0.1, -0.05) is 18.2 Å². The maximum absolute atomic E-state index is 13.7. The summed E-state index contributed by atoms with van der Waals surface area (Å²) in [6.45, 7) is 2.76. The number of methoxy groups -OCH3 is 4. The zero-order valence-corrected chi connectivity index (χ0v) is 25.9. The van der Waals surface area contributed by atoms with Crippen LogP contribution in [0.25, 0.3) is 0 Å². The molecule has 10 nitrogen and oxygen atoms in total. The summed E-state index contributed by atoms with van der Waals surface area (Å²) in [6, 6.07) is 8.85. The molecule has 5 aliphatic carbocycles. The second-order valence-corrected chi connectivity index (χ2v) is 14.0. The molecule has 6 fully saturated rings. The van der Waals surface area contributed by atoms with Crippen molar-refractivity contribution in [2.24, 2.45) is 40.4 Å². The summed E-state index contributed by atoms with van der Waals surface area (Å²) in [5.74, 6) is -2.18. The Hall–Kier alpha value is -2.08. The number of ether oxygens (including phenoxy) is 6. The normalized spacial score (nSPS) is 49.0. The van der Waals surface area contributed by atoms with Crippen molar-refractivity contribution in [3.05, 3.63) is 35.9 Å². The van der Waals surface area contributed by atoms with Crippen LogP contribution in [0.5, 0.6) is 0 Å². The van der Waals surface area contributed by atoms with Crippen molar-refractivity contribution in [3.63, 3.8) is 0 Å². The molecule has 1 aliphatic heterocycles. The van der Waals surface area contributed by atoms with E-state index < -0.39 is 53.1 Å². The Morgan fingerprint density at radius 2 is 1.72 bits per heavy atom. The van der Waals surface area contributed by atoms with E-state index in [1.54, 1.807) is 40.6 Å². The van der Waals surface area contributed by atoms with Crippen molar-refractivity contribution in [2.75, 3.05) is 48.6 Å². The van der Waals surface area contributed by atoms with E-state index in [2.05, 4.69) is 11.9 Å². The number of esters is 2. The fraction of sp³-hybridized carbons (Fsp3) is 0.758. The molecule has 0 radical (unpaired) electrons. The van der Waals surface area contributed by atoms with E-state index >= 15 is 0 Å². The molecule has 1 saturated heterocycles. The first-order valence-electron chi connectivity index (χ1n) is 15.6. The number of hydrogen-bond acceptors (Lipinski definition) is 10. The van der Waals surface area contributed by atoms with Crippen molar-refractivity contribution < 1.29 is 43.1 Å². The molecule has 7 bridgehead atoms. The lowest BCUT2D eigenvalue weighted by atomic mass is 9.43. The van der Waals surface area contributed by atoms with E-state index in [9.17, 15) is 14.7 Å². The number of hydrogen-bond donors (Lipinski definition) is 1. The van der Waals surface area contributed by atoms with E-state index in [1.165, 1.54) is 6.92 Å². The summed E-state index contributed by atoms with van der Waals surface area (Å²) in [4.78, 5) is 29.2. The van der Waals surface area contributed by atoms with Crippen molar-refractivity contribution in [1.82, 2.24) is 4.90 Å². The second-order valence-electron chi connectivity index (χ2n) is 14.0. The summed E-state index contributed by atoms with van der Waals surface area (Å²) in [7, 11) is 8.99. The molecule has 0 aromatic heterocycles. The zero-order valence-electron chi connectivity index (χ0n) is 25.9. The first-order chi connectivity index (χ1) is 20.7. The van der Waals surface area contributed by atoms with Gasteiger partial charge < -0.3 is 38.4 Å². The topological polar surface area (TPSA) is 113 Å². The highest BCUT2D eigenvalue weighted by Gasteiger charge is 2.89. The molecule has 6 aliphatic rings. The van der Waals surface area contributed by atoms with Crippen LogP contribution in [-0.4, -0.2) is 113 Å². The highest BCUT2D eigenvalue weighted by Crippen LogP contribution is 2.80. The minimum Gasteiger partial charge on any atom is -0.458 e. The van der Waals surface area contributed by atoms with Crippen molar-refractivity contribution in [2.45, 2.75) is 68.3 Å². The Morgan fingerprint density at radius 3 is 2.35 bits per heavy atom. The minimum absolute atomic E-state index is 0.0234. The number of aliphatic hydroxyl groups is 1. The van der Waals surface area contributed by atoms with Gasteiger partial charge in [-0.05, 0) is 44.4 Å². The third kappa shape index (κ3) is 3.51. The fourth-order valence-corrected chi connectivity index (χ4v) is 12.2. The van der Waals surface area contributed by atoms with Gasteiger partial charge in [-0.15, -0.1) is 0 Å². The highest BCUT2D eigenvalue weighted by atomic mass is 16.6. The van der Waals surface area contributed by atoms with Crippen LogP contribution in [0.3, 0.4) is 0 Å². The number of carbonyl (C=O) groups is 2. The zero-order chi connectivity index (χ0) is 30.5. The summed E-state index contributed by atoms with van der Waals surface area (Å²) in [5, 5.41) is 12.4. The molecule has 14 atom stereocenters. The molecule has 7 rings (SSSR count). The fourth-order valence-electron chi connectivity index (χ4n) is 12.2. The predicted octanol–water partition coefficient (Wildman–Crippen LogP) is 2.17. The van der Waals surface area contributed by atoms with E-state index in [0.717, 1.165) is 19.4 Å². The van der Waals surface area contributed by atoms with Crippen LogP contribution in [0, 0.1) is 40.4 Å². The predicted molar refractivity (Wildman–Crippen MR) is 153 cm³/mol. The monoisotopic (exact) mass is 599 g/mol. The quantitative estimate of drug-likeness (QED) is 0.446. The van der Waals surface area contributed by atoms with Crippen molar-refractivity contribution in [1.29, 1.82) is 0 Å². The Balaban J connectivity index is 1.48. The van der Waals surface area contributed by atoms with Gasteiger partial charge in [-0.2, -0.15) is 0 Å². The Bertz CT molecular complexity index is 1260. The average molecular weight is 600 g/mol. The largest absolute Gasteiger partial charge is 0.458 e. The molecule has 2 unspecified atom stereocenters. The van der Waals surface area contributed by atoms with Gasteiger partial charge in [0.25, 0.3) is 0 Å². The van der Waals surface area contributed by atoms with Crippen molar-refractivity contribution >= 4 is 11.9 Å². The van der Waals surface area contributed by atoms with Crippen LogP contribution in [0.1, 0.15) is 36.5 Å². The lowest BCUT2D eigenvalue weighted by Gasteiger charge is -2.69. The van der Waals surface area contributed by atoms with Gasteiger partial charge in [-0.25, -0.2) is 4.79 Å². The van der Waals surface area contributed by atoms with Gasteiger partial charge in [0.05, 0.1) is 30.5 Å². The van der Waals surface area contributed by atoms with Crippen LogP contribution >= 0.6 is 0 Å². The summed E-state index contributed by atoms with van der Waals surface area (Å²) < 4.78 is 38.0. The highest BCUT2D eigenvalue weighted by molar-refractivity contribution is 5.89. The van der Waals surface area contributed by atoms with Crippen LogP contribution < -0.4 is 0 Å². The number of benzene rings is 1. The molecule has 0 amide bonds. The van der Waals surface area contributed by atoms with Gasteiger partial charge in [0.15, 0.2) is 5.60 Å². The molecular weight excluding hydrogens is 554 g/mol. The molecule has 5 saturated carbocycles. The Kier molecular flexibility index (Phi) is 7.04. The number of piperidine rings is 1. The Labute approximate surface area is 253 Å². The second kappa shape index (κ2) is 10.2.